The molecule has 0 radical (unpaired) electrons. The van der Waals surface area contributed by atoms with Crippen molar-refractivity contribution in [3.05, 3.63) is 0 Å². The van der Waals surface area contributed by atoms with Crippen LogP contribution in [0.2, 0.25) is 0 Å². The van der Waals surface area contributed by atoms with E-state index in [0.717, 1.165) is 25.7 Å². The fourth-order valence-corrected chi connectivity index (χ4v) is 1.05. The zero-order chi connectivity index (χ0) is 9.40. The Hall–Kier alpha value is -0.570. The molecule has 0 aromatic carbocycles. The van der Waals surface area contributed by atoms with Crippen molar-refractivity contribution in [2.45, 2.75) is 45.1 Å². The molecule has 0 saturated carbocycles. The monoisotopic (exact) mass is 173 g/mol. The van der Waals surface area contributed by atoms with Gasteiger partial charge in [-0.25, -0.2) is 0 Å². The van der Waals surface area contributed by atoms with Crippen molar-refractivity contribution in [1.82, 2.24) is 5.32 Å². The molecule has 0 saturated heterocycles. The smallest absolute Gasteiger partial charge is 0.303 e. The van der Waals surface area contributed by atoms with Crippen LogP contribution in [0.1, 0.15) is 39.0 Å². The molecule has 0 aromatic rings. The average molecular weight is 173 g/mol. The van der Waals surface area contributed by atoms with Gasteiger partial charge in [0.25, 0.3) is 0 Å². The van der Waals surface area contributed by atoms with Crippen molar-refractivity contribution in [1.29, 1.82) is 0 Å². The van der Waals surface area contributed by atoms with Gasteiger partial charge in [0.1, 0.15) is 0 Å². The molecule has 0 aromatic heterocycles. The molecule has 0 aliphatic rings. The molecule has 0 bridgehead atoms. The number of aliphatic carboxylic acids is 1. The topological polar surface area (TPSA) is 49.3 Å². The van der Waals surface area contributed by atoms with E-state index in [4.69, 9.17) is 5.11 Å². The summed E-state index contributed by atoms with van der Waals surface area (Å²) >= 11 is 0. The third kappa shape index (κ3) is 7.54. The molecule has 3 heteroatoms. The van der Waals surface area contributed by atoms with Crippen LogP contribution in [-0.2, 0) is 4.79 Å². The summed E-state index contributed by atoms with van der Waals surface area (Å²) in [5.74, 6) is -0.684. The number of hydrogen-bond acceptors (Lipinski definition) is 2. The van der Waals surface area contributed by atoms with E-state index in [1.165, 1.54) is 0 Å². The fraction of sp³-hybridized carbons (Fsp3) is 0.889. The van der Waals surface area contributed by atoms with Gasteiger partial charge in [0.15, 0.2) is 0 Å². The van der Waals surface area contributed by atoms with Crippen molar-refractivity contribution in [3.8, 4) is 0 Å². The Morgan fingerprint density at radius 1 is 1.42 bits per heavy atom. The summed E-state index contributed by atoms with van der Waals surface area (Å²) in [4.78, 5) is 10.1. The van der Waals surface area contributed by atoms with E-state index < -0.39 is 5.97 Å². The number of unbranched alkanes of at least 4 members (excludes halogenated alkanes) is 2. The number of rotatable bonds is 7. The maximum absolute atomic E-state index is 10.1. The number of nitrogens with one attached hydrogen (secondary N) is 1. The Balaban J connectivity index is 3.05. The largest absolute Gasteiger partial charge is 0.481 e. The lowest BCUT2D eigenvalue weighted by Gasteiger charge is -2.08. The highest BCUT2D eigenvalue weighted by Crippen LogP contribution is 2.04. The molecule has 3 nitrogen and oxygen atoms in total. The van der Waals surface area contributed by atoms with Gasteiger partial charge < -0.3 is 10.4 Å². The van der Waals surface area contributed by atoms with Crippen LogP contribution in [0, 0.1) is 0 Å². The van der Waals surface area contributed by atoms with Crippen LogP contribution in [0.5, 0.6) is 0 Å². The Bertz CT molecular complexity index is 126. The van der Waals surface area contributed by atoms with Crippen LogP contribution in [0.15, 0.2) is 0 Å². The van der Waals surface area contributed by atoms with Gasteiger partial charge in [-0.1, -0.05) is 12.8 Å². The van der Waals surface area contributed by atoms with E-state index in [1.54, 1.807) is 0 Å². The van der Waals surface area contributed by atoms with Gasteiger partial charge in [0, 0.05) is 12.5 Å². The first-order valence-corrected chi connectivity index (χ1v) is 4.56. The first-order chi connectivity index (χ1) is 5.66. The summed E-state index contributed by atoms with van der Waals surface area (Å²) in [5.41, 5.74) is 0. The molecule has 0 spiro atoms. The summed E-state index contributed by atoms with van der Waals surface area (Å²) in [6.45, 7) is 2.14. The lowest BCUT2D eigenvalue weighted by atomic mass is 10.1. The van der Waals surface area contributed by atoms with Crippen molar-refractivity contribution in [2.24, 2.45) is 0 Å². The van der Waals surface area contributed by atoms with Gasteiger partial charge in [0.2, 0.25) is 0 Å². The lowest BCUT2D eigenvalue weighted by molar-refractivity contribution is -0.137. The van der Waals surface area contributed by atoms with Crippen LogP contribution in [0.3, 0.4) is 0 Å². The van der Waals surface area contributed by atoms with Gasteiger partial charge >= 0.3 is 5.97 Å². The number of carboxylic acids is 1. The van der Waals surface area contributed by atoms with Crippen molar-refractivity contribution in [2.75, 3.05) is 7.05 Å². The molecule has 0 aliphatic heterocycles. The SMILES string of the molecule is CNC(C)CCCCCC(=O)O. The second-order valence-corrected chi connectivity index (χ2v) is 3.18. The minimum Gasteiger partial charge on any atom is -0.481 e. The van der Waals surface area contributed by atoms with Gasteiger partial charge in [-0.15, -0.1) is 0 Å². The van der Waals surface area contributed by atoms with Gasteiger partial charge in [-0.3, -0.25) is 4.79 Å². The summed E-state index contributed by atoms with van der Waals surface area (Å²) < 4.78 is 0. The molecule has 72 valence electrons. The fourth-order valence-electron chi connectivity index (χ4n) is 1.05. The predicted octanol–water partition coefficient (Wildman–Crippen LogP) is 1.63. The van der Waals surface area contributed by atoms with E-state index in [2.05, 4.69) is 12.2 Å². The minimum atomic E-state index is -0.684. The van der Waals surface area contributed by atoms with E-state index in [-0.39, 0.29) is 0 Å². The van der Waals surface area contributed by atoms with E-state index in [0.29, 0.717) is 12.5 Å². The van der Waals surface area contributed by atoms with E-state index >= 15 is 0 Å². The number of carbonyl (C=O) groups is 1. The average Bonchev–Trinajstić information content (AvgIpc) is 2.03. The molecule has 1 unspecified atom stereocenters. The third-order valence-electron chi connectivity index (χ3n) is 2.02. The molecule has 0 amide bonds. The molecule has 0 rings (SSSR count). The maximum Gasteiger partial charge on any atom is 0.303 e. The van der Waals surface area contributed by atoms with Crippen LogP contribution in [0.25, 0.3) is 0 Å². The Kier molecular flexibility index (Phi) is 6.76. The van der Waals surface area contributed by atoms with Crippen LogP contribution >= 0.6 is 0 Å². The maximum atomic E-state index is 10.1. The number of carboxylic acid groups (broad SMARTS) is 1. The summed E-state index contributed by atoms with van der Waals surface area (Å²) in [6.07, 6.45) is 4.41. The van der Waals surface area contributed by atoms with Crippen molar-refractivity contribution in [3.63, 3.8) is 0 Å². The first-order valence-electron chi connectivity index (χ1n) is 4.56. The van der Waals surface area contributed by atoms with Gasteiger partial charge in [-0.05, 0) is 26.8 Å². The molecule has 12 heavy (non-hydrogen) atoms. The van der Waals surface area contributed by atoms with E-state index in [1.807, 2.05) is 7.05 Å². The van der Waals surface area contributed by atoms with Crippen molar-refractivity contribution >= 4 is 5.97 Å². The third-order valence-corrected chi connectivity index (χ3v) is 2.02. The highest BCUT2D eigenvalue weighted by molar-refractivity contribution is 5.66. The van der Waals surface area contributed by atoms with Crippen molar-refractivity contribution < 1.29 is 9.90 Å². The first kappa shape index (κ1) is 11.4. The minimum absolute atomic E-state index is 0.313. The molecule has 0 aliphatic carbocycles. The standard InChI is InChI=1S/C9H19NO2/c1-8(10-2)6-4-3-5-7-9(11)12/h8,10H,3-7H2,1-2H3,(H,11,12). The molecule has 1 atom stereocenters. The lowest BCUT2D eigenvalue weighted by Crippen LogP contribution is -2.20. The normalized spacial score (nSPS) is 12.8. The van der Waals surface area contributed by atoms with E-state index in [9.17, 15) is 4.79 Å². The second-order valence-electron chi connectivity index (χ2n) is 3.18. The Labute approximate surface area is 74.2 Å². The molecule has 0 fully saturated rings. The van der Waals surface area contributed by atoms with Gasteiger partial charge in [-0.2, -0.15) is 0 Å². The molecular weight excluding hydrogens is 154 g/mol. The number of hydrogen-bond donors (Lipinski definition) is 2. The second kappa shape index (κ2) is 7.10. The zero-order valence-electron chi connectivity index (χ0n) is 7.97. The quantitative estimate of drug-likeness (QED) is 0.575. The zero-order valence-corrected chi connectivity index (χ0v) is 7.97. The Morgan fingerprint density at radius 3 is 2.58 bits per heavy atom. The van der Waals surface area contributed by atoms with Crippen LogP contribution in [0.4, 0.5) is 0 Å². The molecule has 0 heterocycles. The van der Waals surface area contributed by atoms with Crippen LogP contribution < -0.4 is 5.32 Å². The summed E-state index contributed by atoms with van der Waals surface area (Å²) in [7, 11) is 1.95. The summed E-state index contributed by atoms with van der Waals surface area (Å²) in [6, 6.07) is 0.551. The van der Waals surface area contributed by atoms with Gasteiger partial charge in [0.05, 0.1) is 0 Å². The molecule has 2 N–H and O–H groups in total. The van der Waals surface area contributed by atoms with Crippen LogP contribution in [-0.4, -0.2) is 24.2 Å². The highest BCUT2D eigenvalue weighted by atomic mass is 16.4. The Morgan fingerprint density at radius 2 is 2.08 bits per heavy atom. The predicted molar refractivity (Wildman–Crippen MR) is 49.2 cm³/mol. The highest BCUT2D eigenvalue weighted by Gasteiger charge is 1.99. The summed E-state index contributed by atoms with van der Waals surface area (Å²) in [5, 5.41) is 11.5. The molecular formula is C9H19NO2.